The Hall–Kier alpha value is -2.78. The number of hydrogen-bond acceptors (Lipinski definition) is 5. The quantitative estimate of drug-likeness (QED) is 0.785. The Kier molecular flexibility index (Phi) is 4.26. The number of rotatable bonds is 2. The first-order chi connectivity index (χ1) is 9.76. The van der Waals surface area contributed by atoms with E-state index in [9.17, 15) is 0 Å². The van der Waals surface area contributed by atoms with Crippen molar-refractivity contribution in [3.05, 3.63) is 48.0 Å². The molecule has 104 valence electrons. The van der Waals surface area contributed by atoms with E-state index >= 15 is 0 Å². The van der Waals surface area contributed by atoms with Gasteiger partial charge in [-0.15, -0.1) is 12.4 Å². The lowest BCUT2D eigenvalue weighted by Crippen LogP contribution is -1.86. The Labute approximate surface area is 127 Å². The lowest BCUT2D eigenvalue weighted by atomic mass is 10.2. The molecular formula is C14H11ClN6. The highest BCUT2D eigenvalue weighted by Crippen LogP contribution is 2.20. The number of nitrogens with zero attached hydrogens (tertiary/aromatic N) is 5. The van der Waals surface area contributed by atoms with Crippen LogP contribution in [0.25, 0.3) is 22.8 Å². The Bertz CT molecular complexity index is 805. The van der Waals surface area contributed by atoms with Crippen molar-refractivity contribution in [2.45, 2.75) is 6.92 Å². The van der Waals surface area contributed by atoms with E-state index in [1.807, 2.05) is 25.1 Å². The van der Waals surface area contributed by atoms with E-state index in [0.29, 0.717) is 17.3 Å². The third-order valence-corrected chi connectivity index (χ3v) is 2.79. The summed E-state index contributed by atoms with van der Waals surface area (Å²) < 4.78 is 0. The van der Waals surface area contributed by atoms with Gasteiger partial charge in [-0.3, -0.25) is 10.1 Å². The third-order valence-electron chi connectivity index (χ3n) is 2.79. The molecule has 7 heteroatoms. The van der Waals surface area contributed by atoms with Crippen LogP contribution in [0.4, 0.5) is 0 Å². The highest BCUT2D eigenvalue weighted by molar-refractivity contribution is 5.85. The average Bonchev–Trinajstić information content (AvgIpc) is 2.97. The van der Waals surface area contributed by atoms with Crippen LogP contribution in [0, 0.1) is 18.3 Å². The maximum absolute atomic E-state index is 8.86. The summed E-state index contributed by atoms with van der Waals surface area (Å²) in [6.07, 6.45) is 3.30. The zero-order valence-corrected chi connectivity index (χ0v) is 11.9. The summed E-state index contributed by atoms with van der Waals surface area (Å²) in [5.41, 5.74) is 2.93. The molecule has 0 aliphatic rings. The van der Waals surface area contributed by atoms with Crippen molar-refractivity contribution in [2.24, 2.45) is 0 Å². The third kappa shape index (κ3) is 3.04. The molecule has 3 aromatic rings. The molecule has 0 saturated carbocycles. The fourth-order valence-electron chi connectivity index (χ4n) is 1.84. The van der Waals surface area contributed by atoms with Gasteiger partial charge in [0.05, 0.1) is 0 Å². The van der Waals surface area contributed by atoms with Gasteiger partial charge >= 0.3 is 0 Å². The minimum absolute atomic E-state index is 0. The molecule has 0 fully saturated rings. The first-order valence-corrected chi connectivity index (χ1v) is 5.98. The van der Waals surface area contributed by atoms with Crippen LogP contribution in [0.3, 0.4) is 0 Å². The Morgan fingerprint density at radius 2 is 1.86 bits per heavy atom. The Morgan fingerprint density at radius 1 is 1.10 bits per heavy atom. The van der Waals surface area contributed by atoms with E-state index in [0.717, 1.165) is 16.8 Å². The molecule has 1 N–H and O–H groups in total. The maximum atomic E-state index is 8.86. The minimum atomic E-state index is 0. The van der Waals surface area contributed by atoms with Crippen molar-refractivity contribution in [1.82, 2.24) is 25.1 Å². The van der Waals surface area contributed by atoms with Crippen LogP contribution in [-0.4, -0.2) is 25.1 Å². The summed E-state index contributed by atoms with van der Waals surface area (Å²) in [4.78, 5) is 12.5. The van der Waals surface area contributed by atoms with E-state index in [1.165, 1.54) is 0 Å². The molecule has 6 nitrogen and oxygen atoms in total. The van der Waals surface area contributed by atoms with Crippen molar-refractivity contribution >= 4 is 12.4 Å². The normalized spacial score (nSPS) is 9.71. The largest absolute Gasteiger partial charge is 0.262 e. The highest BCUT2D eigenvalue weighted by Gasteiger charge is 2.08. The minimum Gasteiger partial charge on any atom is -0.262 e. The van der Waals surface area contributed by atoms with Crippen LogP contribution in [0.2, 0.25) is 0 Å². The number of halogens is 1. The number of aromatic nitrogens is 5. The molecule has 0 unspecified atom stereocenters. The summed E-state index contributed by atoms with van der Waals surface area (Å²) in [6, 6.07) is 9.22. The molecule has 0 bridgehead atoms. The molecule has 0 spiro atoms. The Balaban J connectivity index is 0.00000161. The Morgan fingerprint density at radius 3 is 2.62 bits per heavy atom. The van der Waals surface area contributed by atoms with Gasteiger partial charge in [-0.25, -0.2) is 9.97 Å². The standard InChI is InChI=1S/C14H10N6.ClH/c1-9-6-10(2-4-16-9)13-18-14(20-19-13)11-3-5-17-12(7-11)8-15;/h2-7H,1H3,(H,18,19,20);1H. The predicted octanol–water partition coefficient (Wildman–Crippen LogP) is 2.53. The summed E-state index contributed by atoms with van der Waals surface area (Å²) in [7, 11) is 0. The second-order valence-corrected chi connectivity index (χ2v) is 4.24. The van der Waals surface area contributed by atoms with E-state index in [-0.39, 0.29) is 12.4 Å². The van der Waals surface area contributed by atoms with E-state index in [1.54, 1.807) is 24.5 Å². The zero-order valence-electron chi connectivity index (χ0n) is 11.1. The molecule has 21 heavy (non-hydrogen) atoms. The van der Waals surface area contributed by atoms with E-state index < -0.39 is 0 Å². The van der Waals surface area contributed by atoms with Gasteiger partial charge in [0.15, 0.2) is 11.6 Å². The van der Waals surface area contributed by atoms with Crippen LogP contribution >= 0.6 is 12.4 Å². The van der Waals surface area contributed by atoms with Crippen molar-refractivity contribution in [3.63, 3.8) is 0 Å². The first-order valence-electron chi connectivity index (χ1n) is 5.98. The average molecular weight is 299 g/mol. The molecule has 3 rings (SSSR count). The van der Waals surface area contributed by atoms with Crippen LogP contribution < -0.4 is 0 Å². The van der Waals surface area contributed by atoms with Gasteiger partial charge in [0, 0.05) is 29.2 Å². The fraction of sp³-hybridized carbons (Fsp3) is 0.0714. The molecule has 0 aliphatic heterocycles. The van der Waals surface area contributed by atoms with Gasteiger partial charge in [-0.2, -0.15) is 10.4 Å². The molecule has 0 saturated heterocycles. The topological polar surface area (TPSA) is 91.1 Å². The van der Waals surface area contributed by atoms with Crippen molar-refractivity contribution in [3.8, 4) is 28.8 Å². The highest BCUT2D eigenvalue weighted by atomic mass is 35.5. The molecule has 3 heterocycles. The van der Waals surface area contributed by atoms with Gasteiger partial charge in [-0.05, 0) is 31.2 Å². The smallest absolute Gasteiger partial charge is 0.181 e. The number of nitrogens with one attached hydrogen (secondary N) is 1. The number of H-pyrrole nitrogens is 1. The summed E-state index contributed by atoms with van der Waals surface area (Å²) in [5.74, 6) is 1.20. The SMILES string of the molecule is Cc1cc(-c2n[nH]c(-c3ccnc(C#N)c3)n2)ccn1.Cl. The van der Waals surface area contributed by atoms with Gasteiger partial charge in [-0.1, -0.05) is 0 Å². The van der Waals surface area contributed by atoms with Crippen molar-refractivity contribution in [2.75, 3.05) is 0 Å². The predicted molar refractivity (Wildman–Crippen MR) is 79.5 cm³/mol. The van der Waals surface area contributed by atoms with Crippen molar-refractivity contribution < 1.29 is 0 Å². The molecule has 0 aliphatic carbocycles. The van der Waals surface area contributed by atoms with Gasteiger partial charge in [0.1, 0.15) is 11.8 Å². The van der Waals surface area contributed by atoms with Crippen LogP contribution in [0.1, 0.15) is 11.4 Å². The number of aromatic amines is 1. The van der Waals surface area contributed by atoms with Gasteiger partial charge in [0.2, 0.25) is 0 Å². The van der Waals surface area contributed by atoms with Crippen LogP contribution in [-0.2, 0) is 0 Å². The van der Waals surface area contributed by atoms with Crippen molar-refractivity contribution in [1.29, 1.82) is 5.26 Å². The van der Waals surface area contributed by atoms with E-state index in [2.05, 4.69) is 25.1 Å². The zero-order chi connectivity index (χ0) is 13.9. The molecule has 0 atom stereocenters. The molecular weight excluding hydrogens is 288 g/mol. The molecule has 0 aromatic carbocycles. The molecule has 0 radical (unpaired) electrons. The monoisotopic (exact) mass is 298 g/mol. The van der Waals surface area contributed by atoms with Gasteiger partial charge in [0.25, 0.3) is 0 Å². The second kappa shape index (κ2) is 6.11. The number of pyridine rings is 2. The molecule has 0 amide bonds. The summed E-state index contributed by atoms with van der Waals surface area (Å²) in [5, 5.41) is 15.9. The first kappa shape index (κ1) is 14.6. The van der Waals surface area contributed by atoms with Gasteiger partial charge < -0.3 is 0 Å². The summed E-state index contributed by atoms with van der Waals surface area (Å²) >= 11 is 0. The maximum Gasteiger partial charge on any atom is 0.181 e. The second-order valence-electron chi connectivity index (χ2n) is 4.24. The van der Waals surface area contributed by atoms with Crippen LogP contribution in [0.5, 0.6) is 0 Å². The summed E-state index contributed by atoms with van der Waals surface area (Å²) in [6.45, 7) is 1.92. The lowest BCUT2D eigenvalue weighted by Gasteiger charge is -1.96. The molecule has 3 aromatic heterocycles. The van der Waals surface area contributed by atoms with E-state index in [4.69, 9.17) is 5.26 Å². The fourth-order valence-corrected chi connectivity index (χ4v) is 1.84. The number of hydrogen-bond donors (Lipinski definition) is 1. The van der Waals surface area contributed by atoms with Crippen LogP contribution in [0.15, 0.2) is 36.7 Å². The lowest BCUT2D eigenvalue weighted by molar-refractivity contribution is 1.09. The number of aryl methyl sites for hydroxylation is 1. The number of nitriles is 1.